The minimum Gasteiger partial charge on any atom is -0.465 e. The van der Waals surface area contributed by atoms with Crippen LogP contribution in [0.15, 0.2) is 67.1 Å². The normalized spacial score (nSPS) is 10.7. The number of benzene rings is 1. The fraction of sp³-hybridized carbons (Fsp3) is 0.0476. The maximum absolute atomic E-state index is 13.0. The van der Waals surface area contributed by atoms with Crippen molar-refractivity contribution < 1.29 is 14.7 Å². The summed E-state index contributed by atoms with van der Waals surface area (Å²) in [6.07, 6.45) is 3.74. The van der Waals surface area contributed by atoms with Crippen LogP contribution in [0.3, 0.4) is 0 Å². The van der Waals surface area contributed by atoms with Gasteiger partial charge in [-0.05, 0) is 42.5 Å². The van der Waals surface area contributed by atoms with Gasteiger partial charge in [0, 0.05) is 35.7 Å². The van der Waals surface area contributed by atoms with Crippen LogP contribution in [-0.4, -0.2) is 38.5 Å². The Kier molecular flexibility index (Phi) is 5.07. The molecule has 3 aromatic heterocycles. The number of fused-ring (bicyclic) bond motifs is 1. The number of hydrogen-bond acceptors (Lipinski definition) is 4. The highest BCUT2D eigenvalue weighted by atomic mass is 35.5. The van der Waals surface area contributed by atoms with E-state index in [2.05, 4.69) is 15.3 Å². The molecule has 0 saturated carbocycles. The van der Waals surface area contributed by atoms with Gasteiger partial charge >= 0.3 is 6.09 Å². The molecule has 30 heavy (non-hydrogen) atoms. The monoisotopic (exact) mass is 421 g/mol. The summed E-state index contributed by atoms with van der Waals surface area (Å²) in [7, 11) is 1.69. The Balaban J connectivity index is 1.67. The number of hydrogen-bond donors (Lipinski definition) is 2. The van der Waals surface area contributed by atoms with Crippen LogP contribution < -0.4 is 10.2 Å². The number of rotatable bonds is 4. The predicted octanol–water partition coefficient (Wildman–Crippen LogP) is 4.42. The first-order valence-electron chi connectivity index (χ1n) is 8.89. The molecule has 8 nitrogen and oxygen atoms in total. The molecule has 0 atom stereocenters. The van der Waals surface area contributed by atoms with Crippen LogP contribution in [-0.2, 0) is 0 Å². The lowest BCUT2D eigenvalue weighted by Gasteiger charge is -2.18. The number of pyridine rings is 2. The van der Waals surface area contributed by atoms with Crippen LogP contribution >= 0.6 is 11.6 Å². The molecule has 0 radical (unpaired) electrons. The average Bonchev–Trinajstić information content (AvgIpc) is 3.16. The minimum atomic E-state index is -1.18. The molecular weight excluding hydrogens is 406 g/mol. The smallest absolute Gasteiger partial charge is 0.410 e. The fourth-order valence-corrected chi connectivity index (χ4v) is 3.23. The van der Waals surface area contributed by atoms with Crippen LogP contribution in [0.2, 0.25) is 5.02 Å². The van der Waals surface area contributed by atoms with Crippen molar-refractivity contribution in [2.45, 2.75) is 0 Å². The fourth-order valence-electron chi connectivity index (χ4n) is 3.05. The number of halogens is 1. The van der Waals surface area contributed by atoms with Gasteiger partial charge in [-0.15, -0.1) is 0 Å². The maximum atomic E-state index is 13.0. The minimum absolute atomic E-state index is 0.196. The average molecular weight is 422 g/mol. The summed E-state index contributed by atoms with van der Waals surface area (Å²) in [6.45, 7) is 0. The lowest BCUT2D eigenvalue weighted by atomic mass is 10.2. The Morgan fingerprint density at radius 3 is 2.63 bits per heavy atom. The van der Waals surface area contributed by atoms with E-state index in [0.717, 1.165) is 11.3 Å². The zero-order chi connectivity index (χ0) is 21.3. The van der Waals surface area contributed by atoms with E-state index in [9.17, 15) is 9.59 Å². The summed E-state index contributed by atoms with van der Waals surface area (Å²) < 4.78 is 1.79. The van der Waals surface area contributed by atoms with E-state index in [1.807, 2.05) is 6.07 Å². The van der Waals surface area contributed by atoms with Gasteiger partial charge in [-0.1, -0.05) is 17.7 Å². The molecule has 1 aromatic carbocycles. The van der Waals surface area contributed by atoms with Crippen molar-refractivity contribution in [2.24, 2.45) is 0 Å². The molecule has 0 spiro atoms. The van der Waals surface area contributed by atoms with Crippen LogP contribution in [0.25, 0.3) is 16.9 Å². The maximum Gasteiger partial charge on any atom is 0.410 e. The molecule has 0 bridgehead atoms. The lowest BCUT2D eigenvalue weighted by Crippen LogP contribution is -2.26. The number of carbonyl (C=O) groups is 2. The Morgan fingerprint density at radius 2 is 1.93 bits per heavy atom. The van der Waals surface area contributed by atoms with Gasteiger partial charge in [-0.25, -0.2) is 14.8 Å². The highest BCUT2D eigenvalue weighted by Gasteiger charge is 2.16. The van der Waals surface area contributed by atoms with Crippen molar-refractivity contribution in [3.05, 3.63) is 77.7 Å². The summed E-state index contributed by atoms with van der Waals surface area (Å²) in [6, 6.07) is 13.8. The van der Waals surface area contributed by atoms with Gasteiger partial charge in [-0.2, -0.15) is 0 Å². The second-order valence-electron chi connectivity index (χ2n) is 6.50. The van der Waals surface area contributed by atoms with Crippen molar-refractivity contribution in [1.82, 2.24) is 14.4 Å². The van der Waals surface area contributed by atoms with E-state index in [1.54, 1.807) is 72.5 Å². The van der Waals surface area contributed by atoms with E-state index in [0.29, 0.717) is 21.9 Å². The molecular formula is C21H16ClN5O3. The van der Waals surface area contributed by atoms with E-state index in [-0.39, 0.29) is 11.7 Å². The summed E-state index contributed by atoms with van der Waals surface area (Å²) in [5.41, 5.74) is 3.27. The molecule has 150 valence electrons. The Morgan fingerprint density at radius 1 is 1.10 bits per heavy atom. The van der Waals surface area contributed by atoms with Gasteiger partial charge in [-0.3, -0.25) is 14.5 Å². The molecule has 0 unspecified atom stereocenters. The number of carbonyl (C=O) groups excluding carboxylic acids is 1. The summed E-state index contributed by atoms with van der Waals surface area (Å²) in [4.78, 5) is 33.7. The lowest BCUT2D eigenvalue weighted by molar-refractivity contribution is 0.0992. The first-order valence-corrected chi connectivity index (χ1v) is 9.27. The molecule has 0 aliphatic carbocycles. The molecule has 9 heteroatoms. The number of anilines is 2. The number of amides is 2. The molecule has 4 aromatic rings. The van der Waals surface area contributed by atoms with E-state index < -0.39 is 6.09 Å². The first kappa shape index (κ1) is 19.4. The van der Waals surface area contributed by atoms with Gasteiger partial charge in [0.05, 0.1) is 17.5 Å². The number of nitrogens with one attached hydrogen (secondary N) is 1. The van der Waals surface area contributed by atoms with Crippen molar-refractivity contribution in [3.63, 3.8) is 0 Å². The SMILES string of the molecule is CN(C(=O)c1ccc2ncc(-c3ccc(NC(=O)O)nc3)n2c1)c1cccc(Cl)c1. The third-order valence-electron chi connectivity index (χ3n) is 4.55. The first-order chi connectivity index (χ1) is 14.4. The molecule has 0 saturated heterocycles. The van der Waals surface area contributed by atoms with Gasteiger partial charge in [0.2, 0.25) is 0 Å². The number of nitrogens with zero attached hydrogens (tertiary/aromatic N) is 4. The van der Waals surface area contributed by atoms with E-state index in [1.165, 1.54) is 4.90 Å². The Hall–Kier alpha value is -3.91. The van der Waals surface area contributed by atoms with Crippen molar-refractivity contribution in [3.8, 4) is 11.3 Å². The topological polar surface area (TPSA) is 99.8 Å². The van der Waals surface area contributed by atoms with Gasteiger partial charge in [0.25, 0.3) is 5.91 Å². The molecule has 2 amide bonds. The van der Waals surface area contributed by atoms with Crippen LogP contribution in [0.5, 0.6) is 0 Å². The quantitative estimate of drug-likeness (QED) is 0.508. The van der Waals surface area contributed by atoms with Crippen molar-refractivity contribution >= 4 is 40.8 Å². The van der Waals surface area contributed by atoms with Gasteiger partial charge < -0.3 is 10.0 Å². The number of aromatic nitrogens is 3. The summed E-state index contributed by atoms with van der Waals surface area (Å²) >= 11 is 6.04. The van der Waals surface area contributed by atoms with E-state index >= 15 is 0 Å². The summed E-state index contributed by atoms with van der Waals surface area (Å²) in [5, 5.41) is 11.5. The third kappa shape index (κ3) is 3.81. The Labute approximate surface area is 176 Å². The predicted molar refractivity (Wildman–Crippen MR) is 114 cm³/mol. The van der Waals surface area contributed by atoms with Crippen LogP contribution in [0.1, 0.15) is 10.4 Å². The molecule has 0 fully saturated rings. The molecule has 0 aliphatic heterocycles. The zero-order valence-electron chi connectivity index (χ0n) is 15.8. The van der Waals surface area contributed by atoms with Crippen molar-refractivity contribution in [1.29, 1.82) is 0 Å². The van der Waals surface area contributed by atoms with Gasteiger partial charge in [0.1, 0.15) is 11.5 Å². The molecule has 4 rings (SSSR count). The van der Waals surface area contributed by atoms with Crippen LogP contribution in [0.4, 0.5) is 16.3 Å². The second-order valence-corrected chi connectivity index (χ2v) is 6.93. The van der Waals surface area contributed by atoms with E-state index in [4.69, 9.17) is 16.7 Å². The Bertz CT molecular complexity index is 1250. The molecule has 0 aliphatic rings. The highest BCUT2D eigenvalue weighted by Crippen LogP contribution is 2.24. The standard InChI is InChI=1S/C21H16ClN5O3/c1-26(16-4-2-3-15(22)9-16)20(28)14-6-8-19-24-11-17(27(19)12-14)13-5-7-18(23-10-13)25-21(29)30/h2-12H,1H3,(H,23,25)(H,29,30). The zero-order valence-corrected chi connectivity index (χ0v) is 16.5. The highest BCUT2D eigenvalue weighted by molar-refractivity contribution is 6.31. The third-order valence-corrected chi connectivity index (χ3v) is 4.78. The molecule has 3 heterocycles. The largest absolute Gasteiger partial charge is 0.465 e. The second kappa shape index (κ2) is 7.84. The van der Waals surface area contributed by atoms with Crippen molar-refractivity contribution in [2.75, 3.05) is 17.3 Å². The number of imidazole rings is 1. The van der Waals surface area contributed by atoms with Gasteiger partial charge in [0.15, 0.2) is 0 Å². The number of carboxylic acid groups (broad SMARTS) is 1. The van der Waals surface area contributed by atoms with Crippen LogP contribution in [0, 0.1) is 0 Å². The molecule has 2 N–H and O–H groups in total. The summed E-state index contributed by atoms with van der Waals surface area (Å²) in [5.74, 6) is 0.0250.